The van der Waals surface area contributed by atoms with Crippen LogP contribution in [0.3, 0.4) is 0 Å². The van der Waals surface area contributed by atoms with Crippen LogP contribution in [0.15, 0.2) is 0 Å². The molecule has 3 atom stereocenters. The fraction of sp³-hybridized carbons (Fsp3) is 1.00. The molecule has 0 amide bonds. The van der Waals surface area contributed by atoms with Gasteiger partial charge in [-0.1, -0.05) is 27.2 Å². The summed E-state index contributed by atoms with van der Waals surface area (Å²) in [5, 5.41) is 4.96. The summed E-state index contributed by atoms with van der Waals surface area (Å²) in [6, 6.07) is 0. The molecule has 0 unspecified atom stereocenters. The summed E-state index contributed by atoms with van der Waals surface area (Å²) in [6.07, 6.45) is 2.87. The van der Waals surface area contributed by atoms with E-state index in [-0.39, 0.29) is 11.2 Å². The van der Waals surface area contributed by atoms with Crippen molar-refractivity contribution in [1.82, 2.24) is 0 Å². The van der Waals surface area contributed by atoms with E-state index < -0.39 is 10.0 Å². The van der Waals surface area contributed by atoms with E-state index in [2.05, 4.69) is 20.8 Å². The first-order chi connectivity index (χ1) is 6.32. The van der Waals surface area contributed by atoms with Crippen LogP contribution in [0.25, 0.3) is 0 Å². The zero-order chi connectivity index (χ0) is 10.9. The molecule has 0 aliphatic heterocycles. The van der Waals surface area contributed by atoms with Crippen LogP contribution in [0.4, 0.5) is 0 Å². The average molecular weight is 219 g/mol. The Morgan fingerprint density at radius 3 is 2.29 bits per heavy atom. The molecule has 3 nitrogen and oxygen atoms in total. The van der Waals surface area contributed by atoms with Crippen molar-refractivity contribution in [3.05, 3.63) is 0 Å². The molecule has 2 N–H and O–H groups in total. The third-order valence-corrected chi connectivity index (χ3v) is 4.77. The molecule has 0 aromatic heterocycles. The van der Waals surface area contributed by atoms with Gasteiger partial charge in [0.05, 0.1) is 5.25 Å². The minimum Gasteiger partial charge on any atom is -0.228 e. The number of sulfonamides is 1. The lowest BCUT2D eigenvalue weighted by molar-refractivity contribution is 0.237. The lowest BCUT2D eigenvalue weighted by Gasteiger charge is -2.35. The van der Waals surface area contributed by atoms with E-state index in [1.165, 1.54) is 0 Å². The van der Waals surface area contributed by atoms with Gasteiger partial charge in [-0.05, 0) is 30.6 Å². The second kappa shape index (κ2) is 4.19. The molecular weight excluding hydrogens is 198 g/mol. The van der Waals surface area contributed by atoms with E-state index in [9.17, 15) is 8.42 Å². The van der Waals surface area contributed by atoms with Gasteiger partial charge in [0.15, 0.2) is 0 Å². The molecular formula is C10H21NO2S. The summed E-state index contributed by atoms with van der Waals surface area (Å²) in [7, 11) is -3.35. The lowest BCUT2D eigenvalue weighted by Crippen LogP contribution is -2.41. The quantitative estimate of drug-likeness (QED) is 0.769. The van der Waals surface area contributed by atoms with E-state index in [4.69, 9.17) is 5.14 Å². The zero-order valence-electron chi connectivity index (χ0n) is 9.23. The molecule has 0 bridgehead atoms. The second-order valence-electron chi connectivity index (χ2n) is 4.95. The summed E-state index contributed by atoms with van der Waals surface area (Å²) in [5.74, 6) is 1.15. The highest BCUT2D eigenvalue weighted by Crippen LogP contribution is 2.36. The Bertz CT molecular complexity index is 284. The maximum absolute atomic E-state index is 11.4. The van der Waals surface area contributed by atoms with Gasteiger partial charge in [0, 0.05) is 0 Å². The Morgan fingerprint density at radius 2 is 1.86 bits per heavy atom. The Hall–Kier alpha value is -0.0900. The maximum atomic E-state index is 11.4. The van der Waals surface area contributed by atoms with Crippen LogP contribution in [-0.4, -0.2) is 13.7 Å². The fourth-order valence-corrected chi connectivity index (χ4v) is 4.03. The largest absolute Gasteiger partial charge is 0.228 e. The van der Waals surface area contributed by atoms with E-state index in [0.717, 1.165) is 19.3 Å². The third-order valence-electron chi connectivity index (χ3n) is 3.38. The van der Waals surface area contributed by atoms with Crippen molar-refractivity contribution in [2.45, 2.75) is 45.3 Å². The Balaban J connectivity index is 2.85. The van der Waals surface area contributed by atoms with Gasteiger partial charge in [0.1, 0.15) is 0 Å². The molecule has 1 fully saturated rings. The normalized spacial score (nSPS) is 34.8. The van der Waals surface area contributed by atoms with Crippen LogP contribution in [0.2, 0.25) is 0 Å². The summed E-state index contributed by atoms with van der Waals surface area (Å²) in [6.45, 7) is 6.27. The minimum absolute atomic E-state index is 0.251. The van der Waals surface area contributed by atoms with E-state index in [1.54, 1.807) is 0 Å². The SMILES string of the molecule is CC(C)[C@@H]1CC[C@@H](C)C[C@H]1S(N)(=O)=O. The topological polar surface area (TPSA) is 60.2 Å². The van der Waals surface area contributed by atoms with Crippen molar-refractivity contribution in [2.75, 3.05) is 0 Å². The van der Waals surface area contributed by atoms with Gasteiger partial charge in [-0.2, -0.15) is 0 Å². The first kappa shape index (κ1) is 12.0. The number of nitrogens with two attached hydrogens (primary N) is 1. The summed E-state index contributed by atoms with van der Waals surface area (Å²) in [4.78, 5) is 0. The van der Waals surface area contributed by atoms with Crippen LogP contribution in [0.1, 0.15) is 40.0 Å². The molecule has 84 valence electrons. The fourth-order valence-electron chi connectivity index (χ4n) is 2.49. The van der Waals surface area contributed by atoms with Gasteiger partial charge in [0.2, 0.25) is 10.0 Å². The smallest absolute Gasteiger partial charge is 0.212 e. The van der Waals surface area contributed by atoms with Crippen molar-refractivity contribution in [3.8, 4) is 0 Å². The highest BCUT2D eigenvalue weighted by Gasteiger charge is 2.37. The van der Waals surface area contributed by atoms with Gasteiger partial charge in [0.25, 0.3) is 0 Å². The molecule has 0 spiro atoms. The molecule has 4 heteroatoms. The van der Waals surface area contributed by atoms with Crippen molar-refractivity contribution < 1.29 is 8.42 Å². The highest BCUT2D eigenvalue weighted by atomic mass is 32.2. The average Bonchev–Trinajstić information content (AvgIpc) is 2.01. The van der Waals surface area contributed by atoms with Crippen molar-refractivity contribution in [3.63, 3.8) is 0 Å². The number of rotatable bonds is 2. The van der Waals surface area contributed by atoms with Gasteiger partial charge in [-0.15, -0.1) is 0 Å². The molecule has 1 aliphatic rings. The first-order valence-corrected chi connectivity index (χ1v) is 6.95. The molecule has 1 aliphatic carbocycles. The molecule has 1 saturated carbocycles. The van der Waals surface area contributed by atoms with Crippen LogP contribution in [0, 0.1) is 17.8 Å². The molecule has 1 rings (SSSR count). The predicted octanol–water partition coefficient (Wildman–Crippen LogP) is 1.74. The Kier molecular flexibility index (Phi) is 3.58. The number of hydrogen-bond acceptors (Lipinski definition) is 2. The van der Waals surface area contributed by atoms with Crippen molar-refractivity contribution in [2.24, 2.45) is 22.9 Å². The van der Waals surface area contributed by atoms with Crippen LogP contribution >= 0.6 is 0 Å². The van der Waals surface area contributed by atoms with E-state index in [0.29, 0.717) is 11.8 Å². The van der Waals surface area contributed by atoms with Gasteiger partial charge < -0.3 is 0 Å². The summed E-state index contributed by atoms with van der Waals surface area (Å²) < 4.78 is 22.8. The highest BCUT2D eigenvalue weighted by molar-refractivity contribution is 7.89. The maximum Gasteiger partial charge on any atom is 0.212 e. The van der Waals surface area contributed by atoms with Gasteiger partial charge in [-0.25, -0.2) is 13.6 Å². The summed E-state index contributed by atoms with van der Waals surface area (Å²) >= 11 is 0. The third kappa shape index (κ3) is 2.70. The van der Waals surface area contributed by atoms with Gasteiger partial charge in [-0.3, -0.25) is 0 Å². The van der Waals surface area contributed by atoms with Crippen LogP contribution in [0.5, 0.6) is 0 Å². The van der Waals surface area contributed by atoms with Crippen LogP contribution in [-0.2, 0) is 10.0 Å². The lowest BCUT2D eigenvalue weighted by atomic mass is 9.77. The molecule has 0 aromatic rings. The van der Waals surface area contributed by atoms with E-state index >= 15 is 0 Å². The molecule has 0 radical (unpaired) electrons. The summed E-state index contributed by atoms with van der Waals surface area (Å²) in [5.41, 5.74) is 0. The minimum atomic E-state index is -3.35. The Morgan fingerprint density at radius 1 is 1.29 bits per heavy atom. The first-order valence-electron chi connectivity index (χ1n) is 5.34. The standard InChI is InChI=1S/C10H21NO2S/c1-7(2)9-5-4-8(3)6-10(9)14(11,12)13/h7-10H,4-6H2,1-3H3,(H2,11,12,13)/t8-,9+,10-/m1/s1. The second-order valence-corrected chi connectivity index (χ2v) is 6.74. The van der Waals surface area contributed by atoms with E-state index in [1.807, 2.05) is 0 Å². The predicted molar refractivity (Wildman–Crippen MR) is 58.2 cm³/mol. The zero-order valence-corrected chi connectivity index (χ0v) is 10.0. The number of hydrogen-bond donors (Lipinski definition) is 1. The monoisotopic (exact) mass is 219 g/mol. The van der Waals surface area contributed by atoms with Crippen molar-refractivity contribution >= 4 is 10.0 Å². The Labute approximate surface area is 87.1 Å². The molecule has 14 heavy (non-hydrogen) atoms. The molecule has 0 heterocycles. The van der Waals surface area contributed by atoms with Gasteiger partial charge >= 0.3 is 0 Å². The molecule has 0 aromatic carbocycles. The van der Waals surface area contributed by atoms with Crippen LogP contribution < -0.4 is 5.14 Å². The van der Waals surface area contributed by atoms with Crippen molar-refractivity contribution in [1.29, 1.82) is 0 Å². The number of primary sulfonamides is 1. The molecule has 0 saturated heterocycles.